The molecule has 0 aliphatic carbocycles. The fourth-order valence-electron chi connectivity index (χ4n) is 2.06. The third-order valence-electron chi connectivity index (χ3n) is 3.04. The van der Waals surface area contributed by atoms with E-state index in [4.69, 9.17) is 4.74 Å². The van der Waals surface area contributed by atoms with E-state index in [9.17, 15) is 13.2 Å². The molecule has 0 saturated carbocycles. The minimum absolute atomic E-state index is 0.0636. The maximum absolute atomic E-state index is 12.2. The Labute approximate surface area is 124 Å². The molecule has 1 unspecified atom stereocenters. The molecule has 0 aliphatic heterocycles. The monoisotopic (exact) mass is 303 g/mol. The minimum Gasteiger partial charge on any atom is -0.371 e. The molecule has 0 fully saturated rings. The lowest BCUT2D eigenvalue weighted by atomic mass is 9.98. The van der Waals surface area contributed by atoms with Gasteiger partial charge in [-0.25, -0.2) is 0 Å². The standard InChI is InChI=1S/C16H24F3NO/c1-12(2)8-20-9-15(10-21-11-16(17,18)19)14-6-4-5-13(3)7-14/h4-7,12,15,20H,8-11H2,1-3H3. The summed E-state index contributed by atoms with van der Waals surface area (Å²) in [6.45, 7) is 6.47. The number of hydrogen-bond donors (Lipinski definition) is 1. The number of benzene rings is 1. The van der Waals surface area contributed by atoms with Crippen LogP contribution in [-0.4, -0.2) is 32.5 Å². The third kappa shape index (κ3) is 8.07. The summed E-state index contributed by atoms with van der Waals surface area (Å²) >= 11 is 0. The highest BCUT2D eigenvalue weighted by atomic mass is 19.4. The van der Waals surface area contributed by atoms with E-state index in [1.165, 1.54) is 0 Å². The Kier molecular flexibility index (Phi) is 7.18. The lowest BCUT2D eigenvalue weighted by molar-refractivity contribution is -0.174. The van der Waals surface area contributed by atoms with E-state index in [0.717, 1.165) is 17.7 Å². The Bertz CT molecular complexity index is 418. The summed E-state index contributed by atoms with van der Waals surface area (Å²) in [6, 6.07) is 7.83. The quantitative estimate of drug-likeness (QED) is 0.786. The van der Waals surface area contributed by atoms with E-state index in [2.05, 4.69) is 19.2 Å². The van der Waals surface area contributed by atoms with Gasteiger partial charge in [-0.3, -0.25) is 0 Å². The molecule has 0 heterocycles. The first-order chi connectivity index (χ1) is 9.78. The van der Waals surface area contributed by atoms with E-state index in [-0.39, 0.29) is 12.5 Å². The summed E-state index contributed by atoms with van der Waals surface area (Å²) in [4.78, 5) is 0. The predicted octanol–water partition coefficient (Wildman–Crippen LogP) is 3.90. The summed E-state index contributed by atoms with van der Waals surface area (Å²) in [7, 11) is 0. The van der Waals surface area contributed by atoms with Crippen molar-refractivity contribution in [1.82, 2.24) is 5.32 Å². The van der Waals surface area contributed by atoms with Gasteiger partial charge in [0, 0.05) is 12.5 Å². The maximum atomic E-state index is 12.2. The average molecular weight is 303 g/mol. The van der Waals surface area contributed by atoms with Gasteiger partial charge in [0.15, 0.2) is 0 Å². The van der Waals surface area contributed by atoms with Gasteiger partial charge in [0.05, 0.1) is 6.61 Å². The van der Waals surface area contributed by atoms with Gasteiger partial charge >= 0.3 is 6.18 Å². The highest BCUT2D eigenvalue weighted by molar-refractivity contribution is 5.25. The zero-order valence-corrected chi connectivity index (χ0v) is 12.8. The van der Waals surface area contributed by atoms with E-state index in [1.54, 1.807) is 0 Å². The largest absolute Gasteiger partial charge is 0.411 e. The fraction of sp³-hybridized carbons (Fsp3) is 0.625. The molecule has 0 saturated heterocycles. The second kappa shape index (κ2) is 8.39. The number of aryl methyl sites for hydroxylation is 1. The van der Waals surface area contributed by atoms with E-state index in [0.29, 0.717) is 12.5 Å². The molecule has 1 atom stereocenters. The van der Waals surface area contributed by atoms with Crippen LogP contribution in [0, 0.1) is 12.8 Å². The van der Waals surface area contributed by atoms with Gasteiger partial charge in [0.1, 0.15) is 6.61 Å². The number of ether oxygens (including phenoxy) is 1. The molecule has 0 radical (unpaired) electrons. The second-order valence-corrected chi connectivity index (χ2v) is 5.79. The normalized spacial score (nSPS) is 13.7. The van der Waals surface area contributed by atoms with Gasteiger partial charge in [-0.1, -0.05) is 43.7 Å². The van der Waals surface area contributed by atoms with Crippen LogP contribution < -0.4 is 5.32 Å². The van der Waals surface area contributed by atoms with Crippen molar-refractivity contribution in [2.45, 2.75) is 32.9 Å². The fourth-order valence-corrected chi connectivity index (χ4v) is 2.06. The number of alkyl halides is 3. The van der Waals surface area contributed by atoms with E-state index in [1.807, 2.05) is 31.2 Å². The van der Waals surface area contributed by atoms with Crippen molar-refractivity contribution in [3.05, 3.63) is 35.4 Å². The first kappa shape index (κ1) is 18.0. The van der Waals surface area contributed by atoms with Crippen molar-refractivity contribution < 1.29 is 17.9 Å². The molecular formula is C16H24F3NO. The summed E-state index contributed by atoms with van der Waals surface area (Å²) in [5.41, 5.74) is 2.10. The topological polar surface area (TPSA) is 21.3 Å². The number of hydrogen-bond acceptors (Lipinski definition) is 2. The van der Waals surface area contributed by atoms with Gasteiger partial charge in [0.25, 0.3) is 0 Å². The van der Waals surface area contributed by atoms with Gasteiger partial charge < -0.3 is 10.1 Å². The SMILES string of the molecule is Cc1cccc(C(CNCC(C)C)COCC(F)(F)F)c1. The van der Waals surface area contributed by atoms with E-state index < -0.39 is 12.8 Å². The van der Waals surface area contributed by atoms with Crippen LogP contribution in [0.25, 0.3) is 0 Å². The molecule has 0 amide bonds. The first-order valence-corrected chi connectivity index (χ1v) is 7.19. The molecule has 0 bridgehead atoms. The zero-order valence-electron chi connectivity index (χ0n) is 12.8. The number of rotatable bonds is 8. The first-order valence-electron chi connectivity index (χ1n) is 7.19. The van der Waals surface area contributed by atoms with Crippen molar-refractivity contribution in [2.75, 3.05) is 26.3 Å². The van der Waals surface area contributed by atoms with Crippen molar-refractivity contribution in [2.24, 2.45) is 5.92 Å². The molecule has 21 heavy (non-hydrogen) atoms. The molecular weight excluding hydrogens is 279 g/mol. The lowest BCUT2D eigenvalue weighted by Gasteiger charge is -2.20. The highest BCUT2D eigenvalue weighted by Crippen LogP contribution is 2.20. The molecule has 0 aromatic heterocycles. The van der Waals surface area contributed by atoms with Crippen LogP contribution in [0.1, 0.15) is 30.9 Å². The molecule has 1 rings (SSSR count). The predicted molar refractivity (Wildman–Crippen MR) is 78.5 cm³/mol. The van der Waals surface area contributed by atoms with Crippen LogP contribution in [0.3, 0.4) is 0 Å². The highest BCUT2D eigenvalue weighted by Gasteiger charge is 2.28. The van der Waals surface area contributed by atoms with Crippen molar-refractivity contribution in [3.63, 3.8) is 0 Å². The molecule has 1 N–H and O–H groups in total. The van der Waals surface area contributed by atoms with Crippen LogP contribution >= 0.6 is 0 Å². The van der Waals surface area contributed by atoms with Crippen LogP contribution in [-0.2, 0) is 4.74 Å². The summed E-state index contributed by atoms with van der Waals surface area (Å²) in [6.07, 6.45) is -4.28. The van der Waals surface area contributed by atoms with Gasteiger partial charge in [-0.2, -0.15) is 13.2 Å². The number of nitrogens with one attached hydrogen (secondary N) is 1. The molecule has 2 nitrogen and oxygen atoms in total. The maximum Gasteiger partial charge on any atom is 0.411 e. The average Bonchev–Trinajstić information content (AvgIpc) is 2.35. The Morgan fingerprint density at radius 2 is 1.90 bits per heavy atom. The Morgan fingerprint density at radius 3 is 2.48 bits per heavy atom. The van der Waals surface area contributed by atoms with Gasteiger partial charge in [-0.15, -0.1) is 0 Å². The minimum atomic E-state index is -4.28. The summed E-state index contributed by atoms with van der Waals surface area (Å²) < 4.78 is 41.4. The van der Waals surface area contributed by atoms with Crippen LogP contribution in [0.15, 0.2) is 24.3 Å². The van der Waals surface area contributed by atoms with Crippen LogP contribution in [0.4, 0.5) is 13.2 Å². The third-order valence-corrected chi connectivity index (χ3v) is 3.04. The molecule has 0 spiro atoms. The van der Waals surface area contributed by atoms with Crippen LogP contribution in [0.5, 0.6) is 0 Å². The van der Waals surface area contributed by atoms with Gasteiger partial charge in [-0.05, 0) is 24.9 Å². The Balaban J connectivity index is 2.61. The van der Waals surface area contributed by atoms with E-state index >= 15 is 0 Å². The summed E-state index contributed by atoms with van der Waals surface area (Å²) in [5.74, 6) is 0.422. The Hall–Kier alpha value is -1.07. The zero-order chi connectivity index (χ0) is 15.9. The summed E-state index contributed by atoms with van der Waals surface area (Å²) in [5, 5.41) is 3.29. The smallest absolute Gasteiger partial charge is 0.371 e. The molecule has 1 aromatic rings. The molecule has 0 aliphatic rings. The second-order valence-electron chi connectivity index (χ2n) is 5.79. The lowest BCUT2D eigenvalue weighted by Crippen LogP contribution is -2.29. The van der Waals surface area contributed by atoms with Crippen molar-refractivity contribution in [3.8, 4) is 0 Å². The van der Waals surface area contributed by atoms with Crippen molar-refractivity contribution in [1.29, 1.82) is 0 Å². The van der Waals surface area contributed by atoms with Crippen molar-refractivity contribution >= 4 is 0 Å². The Morgan fingerprint density at radius 1 is 1.19 bits per heavy atom. The van der Waals surface area contributed by atoms with Gasteiger partial charge in [0.2, 0.25) is 0 Å². The van der Waals surface area contributed by atoms with Crippen LogP contribution in [0.2, 0.25) is 0 Å². The molecule has 1 aromatic carbocycles. The molecule has 120 valence electrons. The molecule has 5 heteroatoms. The number of halogens is 3.